The first-order valence-corrected chi connectivity index (χ1v) is 7.44. The Morgan fingerprint density at radius 3 is 2.90 bits per heavy atom. The van der Waals surface area contributed by atoms with Gasteiger partial charge in [-0.2, -0.15) is 0 Å². The molecule has 4 nitrogen and oxygen atoms in total. The summed E-state index contributed by atoms with van der Waals surface area (Å²) in [7, 11) is 0. The van der Waals surface area contributed by atoms with Gasteiger partial charge in [-0.1, -0.05) is 12.1 Å². The average Bonchev–Trinajstić information content (AvgIpc) is 2.40. The highest BCUT2D eigenvalue weighted by atomic mass is 16.1. The van der Waals surface area contributed by atoms with E-state index in [0.717, 1.165) is 44.5 Å². The number of likely N-dealkylation sites (tertiary alicyclic amines) is 1. The molecule has 0 saturated carbocycles. The lowest BCUT2D eigenvalue weighted by Crippen LogP contribution is -2.46. The molecule has 2 atom stereocenters. The molecule has 1 saturated heterocycles. The Labute approximate surface area is 121 Å². The van der Waals surface area contributed by atoms with Crippen LogP contribution in [0.3, 0.4) is 0 Å². The lowest BCUT2D eigenvalue weighted by molar-refractivity contribution is -0.123. The van der Waals surface area contributed by atoms with Crippen molar-refractivity contribution in [1.29, 1.82) is 0 Å². The van der Waals surface area contributed by atoms with Crippen LogP contribution in [-0.2, 0) is 11.2 Å². The summed E-state index contributed by atoms with van der Waals surface area (Å²) in [5.41, 5.74) is 13.3. The van der Waals surface area contributed by atoms with Gasteiger partial charge in [-0.25, -0.2) is 0 Å². The van der Waals surface area contributed by atoms with E-state index < -0.39 is 0 Å². The van der Waals surface area contributed by atoms with Gasteiger partial charge in [0.05, 0.1) is 5.92 Å². The summed E-state index contributed by atoms with van der Waals surface area (Å²) in [6.07, 6.45) is 4.10. The Morgan fingerprint density at radius 1 is 1.40 bits per heavy atom. The first-order chi connectivity index (χ1) is 9.56. The minimum Gasteiger partial charge on any atom is -0.399 e. The van der Waals surface area contributed by atoms with Crippen molar-refractivity contribution in [3.63, 3.8) is 0 Å². The van der Waals surface area contributed by atoms with Crippen molar-refractivity contribution in [2.75, 3.05) is 18.8 Å². The molecule has 20 heavy (non-hydrogen) atoms. The molecule has 1 heterocycles. The van der Waals surface area contributed by atoms with Crippen LogP contribution in [0.4, 0.5) is 5.69 Å². The van der Waals surface area contributed by atoms with E-state index >= 15 is 0 Å². The molecule has 0 spiro atoms. The van der Waals surface area contributed by atoms with Gasteiger partial charge in [-0.15, -0.1) is 0 Å². The van der Waals surface area contributed by atoms with Crippen molar-refractivity contribution in [2.45, 2.75) is 38.6 Å². The molecule has 0 radical (unpaired) electrons. The smallest absolute Gasteiger partial charge is 0.221 e. The van der Waals surface area contributed by atoms with E-state index in [0.29, 0.717) is 6.04 Å². The van der Waals surface area contributed by atoms with Crippen LogP contribution in [0, 0.1) is 5.92 Å². The standard InChI is InChI=1S/C16H25N3O/c1-12-7-8-14(16(18)20)11-19(12)9-3-5-13-4-2-6-15(17)10-13/h2,4,6,10,12,14H,3,5,7-9,11,17H2,1H3,(H2,18,20). The van der Waals surface area contributed by atoms with Crippen molar-refractivity contribution < 1.29 is 4.79 Å². The summed E-state index contributed by atoms with van der Waals surface area (Å²) in [5.74, 6) is -0.128. The molecule has 1 aliphatic heterocycles. The lowest BCUT2D eigenvalue weighted by atomic mass is 9.92. The highest BCUT2D eigenvalue weighted by Crippen LogP contribution is 2.22. The van der Waals surface area contributed by atoms with Crippen molar-refractivity contribution >= 4 is 11.6 Å². The molecule has 1 amide bonds. The van der Waals surface area contributed by atoms with Gasteiger partial charge in [0.15, 0.2) is 0 Å². The minimum atomic E-state index is -0.155. The fourth-order valence-electron chi connectivity index (χ4n) is 2.96. The van der Waals surface area contributed by atoms with E-state index in [1.807, 2.05) is 18.2 Å². The summed E-state index contributed by atoms with van der Waals surface area (Å²) >= 11 is 0. The second kappa shape index (κ2) is 6.75. The molecule has 1 aromatic rings. The number of carbonyl (C=O) groups excluding carboxylic acids is 1. The topological polar surface area (TPSA) is 72.4 Å². The van der Waals surface area contributed by atoms with Gasteiger partial charge in [0.1, 0.15) is 0 Å². The first kappa shape index (κ1) is 14.9. The maximum absolute atomic E-state index is 11.3. The van der Waals surface area contributed by atoms with Crippen LogP contribution in [0.25, 0.3) is 0 Å². The normalized spacial score (nSPS) is 23.6. The number of nitrogens with two attached hydrogens (primary N) is 2. The zero-order chi connectivity index (χ0) is 14.5. The Hall–Kier alpha value is -1.55. The number of nitrogens with zero attached hydrogens (tertiary/aromatic N) is 1. The average molecular weight is 275 g/mol. The molecule has 1 aliphatic rings. The first-order valence-electron chi connectivity index (χ1n) is 7.44. The van der Waals surface area contributed by atoms with E-state index in [9.17, 15) is 4.79 Å². The Bertz CT molecular complexity index is 461. The number of piperidine rings is 1. The second-order valence-corrected chi connectivity index (χ2v) is 5.87. The second-order valence-electron chi connectivity index (χ2n) is 5.87. The molecule has 110 valence electrons. The van der Waals surface area contributed by atoms with Gasteiger partial charge in [-0.3, -0.25) is 9.69 Å². The summed E-state index contributed by atoms with van der Waals surface area (Å²) in [5, 5.41) is 0. The molecule has 1 aromatic carbocycles. The van der Waals surface area contributed by atoms with Crippen molar-refractivity contribution in [3.05, 3.63) is 29.8 Å². The zero-order valence-corrected chi connectivity index (χ0v) is 12.2. The number of rotatable bonds is 5. The van der Waals surface area contributed by atoms with Gasteiger partial charge < -0.3 is 11.5 Å². The van der Waals surface area contributed by atoms with Gasteiger partial charge >= 0.3 is 0 Å². The number of carbonyl (C=O) groups is 1. The third-order valence-electron chi connectivity index (χ3n) is 4.28. The number of aryl methyl sites for hydroxylation is 1. The fraction of sp³-hybridized carbons (Fsp3) is 0.562. The van der Waals surface area contributed by atoms with Crippen molar-refractivity contribution in [1.82, 2.24) is 4.90 Å². The SMILES string of the molecule is CC1CCC(C(N)=O)CN1CCCc1cccc(N)c1. The Morgan fingerprint density at radius 2 is 2.20 bits per heavy atom. The maximum Gasteiger partial charge on any atom is 0.221 e. The molecule has 0 bridgehead atoms. The van der Waals surface area contributed by atoms with Crippen LogP contribution in [-0.4, -0.2) is 29.9 Å². The highest BCUT2D eigenvalue weighted by Gasteiger charge is 2.27. The molecular weight excluding hydrogens is 250 g/mol. The Kier molecular flexibility index (Phi) is 5.01. The van der Waals surface area contributed by atoms with E-state index in [1.54, 1.807) is 0 Å². The molecule has 4 N–H and O–H groups in total. The van der Waals surface area contributed by atoms with Crippen LogP contribution < -0.4 is 11.5 Å². The fourth-order valence-corrected chi connectivity index (χ4v) is 2.96. The number of hydrogen-bond acceptors (Lipinski definition) is 3. The quantitative estimate of drug-likeness (QED) is 0.805. The number of nitrogen functional groups attached to an aromatic ring is 1. The molecule has 2 rings (SSSR count). The summed E-state index contributed by atoms with van der Waals surface area (Å²) < 4.78 is 0. The molecule has 0 aromatic heterocycles. The van der Waals surface area contributed by atoms with Crippen molar-refractivity contribution in [2.24, 2.45) is 11.7 Å². The Balaban J connectivity index is 1.81. The van der Waals surface area contributed by atoms with E-state index in [2.05, 4.69) is 17.9 Å². The predicted octanol–water partition coefficient (Wildman–Crippen LogP) is 1.79. The molecule has 1 fully saturated rings. The van der Waals surface area contributed by atoms with Crippen LogP contribution in [0.1, 0.15) is 31.7 Å². The summed E-state index contributed by atoms with van der Waals surface area (Å²) in [6.45, 7) is 4.06. The van der Waals surface area contributed by atoms with Crippen molar-refractivity contribution in [3.8, 4) is 0 Å². The summed E-state index contributed by atoms with van der Waals surface area (Å²) in [4.78, 5) is 13.7. The molecular formula is C16H25N3O. The van der Waals surface area contributed by atoms with Crippen LogP contribution in [0.15, 0.2) is 24.3 Å². The van der Waals surface area contributed by atoms with E-state index in [-0.39, 0.29) is 11.8 Å². The number of primary amides is 1. The largest absolute Gasteiger partial charge is 0.399 e. The highest BCUT2D eigenvalue weighted by molar-refractivity contribution is 5.76. The predicted molar refractivity (Wildman–Crippen MR) is 82.1 cm³/mol. The van der Waals surface area contributed by atoms with Crippen LogP contribution in [0.2, 0.25) is 0 Å². The molecule has 4 heteroatoms. The van der Waals surface area contributed by atoms with Crippen LogP contribution in [0.5, 0.6) is 0 Å². The van der Waals surface area contributed by atoms with E-state index in [1.165, 1.54) is 5.56 Å². The van der Waals surface area contributed by atoms with Gasteiger partial charge in [-0.05, 0) is 56.8 Å². The number of anilines is 1. The number of hydrogen-bond donors (Lipinski definition) is 2. The molecule has 2 unspecified atom stereocenters. The maximum atomic E-state index is 11.3. The van der Waals surface area contributed by atoms with Crippen LogP contribution >= 0.6 is 0 Å². The van der Waals surface area contributed by atoms with Gasteiger partial charge in [0, 0.05) is 18.3 Å². The lowest BCUT2D eigenvalue weighted by Gasteiger charge is -2.36. The third-order valence-corrected chi connectivity index (χ3v) is 4.28. The van der Waals surface area contributed by atoms with Gasteiger partial charge in [0.2, 0.25) is 5.91 Å². The van der Waals surface area contributed by atoms with Gasteiger partial charge in [0.25, 0.3) is 0 Å². The minimum absolute atomic E-state index is 0.0265. The number of benzene rings is 1. The van der Waals surface area contributed by atoms with E-state index in [4.69, 9.17) is 11.5 Å². The summed E-state index contributed by atoms with van der Waals surface area (Å²) in [6, 6.07) is 8.60. The monoisotopic (exact) mass is 275 g/mol. The molecule has 0 aliphatic carbocycles. The zero-order valence-electron chi connectivity index (χ0n) is 12.2. The number of amides is 1. The third kappa shape index (κ3) is 3.97.